The lowest BCUT2D eigenvalue weighted by Gasteiger charge is -2.14. The van der Waals surface area contributed by atoms with Gasteiger partial charge in [-0.25, -0.2) is 9.59 Å². The second kappa shape index (κ2) is 7.61. The molecule has 1 fully saturated rings. The first-order valence-corrected chi connectivity index (χ1v) is 7.94. The van der Waals surface area contributed by atoms with E-state index in [1.54, 1.807) is 30.3 Å². The predicted molar refractivity (Wildman–Crippen MR) is 95.4 cm³/mol. The molecule has 3 rings (SSSR count). The van der Waals surface area contributed by atoms with Crippen LogP contribution in [0.1, 0.15) is 21.5 Å². The number of hydrogen-bond acceptors (Lipinski definition) is 5. The van der Waals surface area contributed by atoms with Crippen molar-refractivity contribution in [3.05, 3.63) is 64.9 Å². The molecular formula is C19H16N2O6. The van der Waals surface area contributed by atoms with Gasteiger partial charge in [-0.05, 0) is 29.8 Å². The molecule has 0 aromatic heterocycles. The van der Waals surface area contributed by atoms with E-state index in [-0.39, 0.29) is 17.9 Å². The lowest BCUT2D eigenvalue weighted by molar-refractivity contribution is -0.115. The second-order valence-corrected chi connectivity index (χ2v) is 5.64. The summed E-state index contributed by atoms with van der Waals surface area (Å²) in [5.41, 5.74) is 1.59. The third-order valence-corrected chi connectivity index (χ3v) is 3.83. The minimum atomic E-state index is -1.00. The Bertz CT molecular complexity index is 934. The summed E-state index contributed by atoms with van der Waals surface area (Å²) in [6.07, 6.45) is 1.49. The molecule has 1 aliphatic rings. The quantitative estimate of drug-likeness (QED) is 0.532. The lowest BCUT2D eigenvalue weighted by Crippen LogP contribution is -2.22. The third-order valence-electron chi connectivity index (χ3n) is 3.83. The van der Waals surface area contributed by atoms with Crippen LogP contribution >= 0.6 is 0 Å². The van der Waals surface area contributed by atoms with Crippen molar-refractivity contribution in [2.75, 3.05) is 7.11 Å². The molecule has 3 N–H and O–H groups in total. The molecular weight excluding hydrogens is 352 g/mol. The average molecular weight is 368 g/mol. The average Bonchev–Trinajstić information content (AvgIpc) is 2.97. The second-order valence-electron chi connectivity index (χ2n) is 5.64. The van der Waals surface area contributed by atoms with Crippen molar-refractivity contribution in [2.45, 2.75) is 6.61 Å². The van der Waals surface area contributed by atoms with E-state index in [9.17, 15) is 14.4 Å². The highest BCUT2D eigenvalue weighted by Gasteiger charge is 2.23. The predicted octanol–water partition coefficient (Wildman–Crippen LogP) is 2.15. The summed E-state index contributed by atoms with van der Waals surface area (Å²) in [6, 6.07) is 10.9. The van der Waals surface area contributed by atoms with Crippen molar-refractivity contribution in [3.8, 4) is 11.5 Å². The number of imide groups is 1. The molecule has 3 amide bonds. The molecule has 0 atom stereocenters. The standard InChI is InChI=1S/C19H16N2O6/c1-26-15-4-2-3-13(9-14-17(22)21-19(25)20-14)16(15)27-10-11-5-7-12(8-6-11)18(23)24/h2-9H,10H2,1H3,(H,23,24)(H2,20,21,22,25)/b14-9+. The number of rotatable bonds is 6. The molecule has 8 heteroatoms. The fraction of sp³-hybridized carbons (Fsp3) is 0.105. The van der Waals surface area contributed by atoms with Gasteiger partial charge in [0.05, 0.1) is 12.7 Å². The molecule has 0 spiro atoms. The largest absolute Gasteiger partial charge is 0.493 e. The molecule has 138 valence electrons. The first kappa shape index (κ1) is 18.0. The van der Waals surface area contributed by atoms with Gasteiger partial charge in [0.15, 0.2) is 11.5 Å². The van der Waals surface area contributed by atoms with E-state index in [1.807, 2.05) is 0 Å². The fourth-order valence-electron chi connectivity index (χ4n) is 2.50. The smallest absolute Gasteiger partial charge is 0.335 e. The van der Waals surface area contributed by atoms with Crippen LogP contribution in [0.3, 0.4) is 0 Å². The number of carboxylic acids is 1. The summed E-state index contributed by atoms with van der Waals surface area (Å²) in [4.78, 5) is 33.9. The van der Waals surface area contributed by atoms with Gasteiger partial charge in [-0.1, -0.05) is 24.3 Å². The number of methoxy groups -OCH3 is 1. The monoisotopic (exact) mass is 368 g/mol. The maximum Gasteiger partial charge on any atom is 0.335 e. The van der Waals surface area contributed by atoms with Gasteiger partial charge in [0.2, 0.25) is 0 Å². The lowest BCUT2D eigenvalue weighted by atomic mass is 10.1. The molecule has 0 saturated carbocycles. The van der Waals surface area contributed by atoms with Crippen molar-refractivity contribution in [1.29, 1.82) is 0 Å². The Morgan fingerprint density at radius 2 is 1.85 bits per heavy atom. The van der Waals surface area contributed by atoms with Gasteiger partial charge in [0, 0.05) is 5.56 Å². The van der Waals surface area contributed by atoms with E-state index in [1.165, 1.54) is 25.3 Å². The number of hydrogen-bond donors (Lipinski definition) is 3. The van der Waals surface area contributed by atoms with Gasteiger partial charge in [-0.15, -0.1) is 0 Å². The van der Waals surface area contributed by atoms with Gasteiger partial charge in [-0.3, -0.25) is 10.1 Å². The van der Waals surface area contributed by atoms with Crippen molar-refractivity contribution >= 4 is 24.0 Å². The van der Waals surface area contributed by atoms with Crippen LogP contribution in [0, 0.1) is 0 Å². The molecule has 1 aliphatic heterocycles. The van der Waals surface area contributed by atoms with Gasteiger partial charge in [-0.2, -0.15) is 0 Å². The van der Waals surface area contributed by atoms with E-state index in [4.69, 9.17) is 14.6 Å². The summed E-state index contributed by atoms with van der Waals surface area (Å²) in [7, 11) is 1.49. The van der Waals surface area contributed by atoms with Crippen LogP contribution in [0.5, 0.6) is 11.5 Å². The van der Waals surface area contributed by atoms with Crippen molar-refractivity contribution in [3.63, 3.8) is 0 Å². The molecule has 1 heterocycles. The minimum Gasteiger partial charge on any atom is -0.493 e. The molecule has 1 saturated heterocycles. The summed E-state index contributed by atoms with van der Waals surface area (Å²) in [5.74, 6) is -0.684. The maximum absolute atomic E-state index is 11.7. The van der Waals surface area contributed by atoms with Crippen molar-refractivity contribution < 1.29 is 29.0 Å². The molecule has 2 aromatic rings. The number of amides is 3. The number of benzene rings is 2. The highest BCUT2D eigenvalue weighted by molar-refractivity contribution is 6.14. The van der Waals surface area contributed by atoms with Crippen LogP contribution in [0.15, 0.2) is 48.2 Å². The van der Waals surface area contributed by atoms with E-state index in [0.29, 0.717) is 17.1 Å². The van der Waals surface area contributed by atoms with Crippen molar-refractivity contribution in [2.24, 2.45) is 0 Å². The Morgan fingerprint density at radius 3 is 2.44 bits per heavy atom. The molecule has 27 heavy (non-hydrogen) atoms. The topological polar surface area (TPSA) is 114 Å². The number of aromatic carboxylic acids is 1. The van der Waals surface area contributed by atoms with Crippen molar-refractivity contribution in [1.82, 2.24) is 10.6 Å². The van der Waals surface area contributed by atoms with Gasteiger partial charge in [0.1, 0.15) is 12.3 Å². The first-order chi connectivity index (χ1) is 13.0. The molecule has 0 radical (unpaired) electrons. The van der Waals surface area contributed by atoms with Crippen LogP contribution in [-0.4, -0.2) is 30.1 Å². The van der Waals surface area contributed by atoms with E-state index in [2.05, 4.69) is 10.6 Å². The highest BCUT2D eigenvalue weighted by atomic mass is 16.5. The molecule has 0 aliphatic carbocycles. The van der Waals surface area contributed by atoms with E-state index in [0.717, 1.165) is 5.56 Å². The molecule has 0 bridgehead atoms. The normalized spacial score (nSPS) is 14.6. The zero-order valence-corrected chi connectivity index (χ0v) is 14.3. The number of para-hydroxylation sites is 1. The number of urea groups is 1. The van der Waals surface area contributed by atoms with Gasteiger partial charge >= 0.3 is 12.0 Å². The van der Waals surface area contributed by atoms with Crippen LogP contribution in [0.25, 0.3) is 6.08 Å². The Morgan fingerprint density at radius 1 is 1.11 bits per heavy atom. The number of carboxylic acid groups (broad SMARTS) is 1. The van der Waals surface area contributed by atoms with Gasteiger partial charge in [0.25, 0.3) is 5.91 Å². The Labute approximate surface area is 154 Å². The zero-order chi connectivity index (χ0) is 19.4. The van der Waals surface area contributed by atoms with Crippen LogP contribution in [-0.2, 0) is 11.4 Å². The SMILES string of the molecule is COc1cccc(/C=C2/NC(=O)NC2=O)c1OCc1ccc(C(=O)O)cc1. The molecule has 8 nitrogen and oxygen atoms in total. The minimum absolute atomic E-state index is 0.101. The molecule has 2 aromatic carbocycles. The maximum atomic E-state index is 11.7. The zero-order valence-electron chi connectivity index (χ0n) is 14.3. The Balaban J connectivity index is 1.85. The number of carbonyl (C=O) groups excluding carboxylic acids is 2. The number of carbonyl (C=O) groups is 3. The number of ether oxygens (including phenoxy) is 2. The van der Waals surface area contributed by atoms with Crippen LogP contribution < -0.4 is 20.1 Å². The Kier molecular flexibility index (Phi) is 5.07. The van der Waals surface area contributed by atoms with E-state index < -0.39 is 17.9 Å². The van der Waals surface area contributed by atoms with Crippen LogP contribution in [0.2, 0.25) is 0 Å². The summed E-state index contributed by atoms with van der Waals surface area (Å²) in [5, 5.41) is 13.5. The van der Waals surface area contributed by atoms with E-state index >= 15 is 0 Å². The highest BCUT2D eigenvalue weighted by Crippen LogP contribution is 2.33. The van der Waals surface area contributed by atoms with Gasteiger partial charge < -0.3 is 19.9 Å². The first-order valence-electron chi connectivity index (χ1n) is 7.94. The van der Waals surface area contributed by atoms with Crippen LogP contribution in [0.4, 0.5) is 4.79 Å². The summed E-state index contributed by atoms with van der Waals surface area (Å²) in [6.45, 7) is 0.162. The molecule has 0 unspecified atom stereocenters. The number of nitrogens with one attached hydrogen (secondary N) is 2. The summed E-state index contributed by atoms with van der Waals surface area (Å²) >= 11 is 0. The summed E-state index contributed by atoms with van der Waals surface area (Å²) < 4.78 is 11.2. The third kappa shape index (κ3) is 4.06. The Hall–Kier alpha value is -3.81. The fourth-order valence-corrected chi connectivity index (χ4v) is 2.50.